The Morgan fingerprint density at radius 1 is 1.37 bits per heavy atom. The standard InChI is InChI=1S/C13H12BrNO4/c14-12-4-3-11(19-12)13(17)8-1-2-10(9(15)7-8)18-6-5-16/h1-4,7,16H,5-6,15H2. The number of ketones is 1. The Balaban J connectivity index is 2.22. The predicted molar refractivity (Wildman–Crippen MR) is 73.3 cm³/mol. The third-order valence-electron chi connectivity index (χ3n) is 2.42. The molecule has 0 aliphatic heterocycles. The summed E-state index contributed by atoms with van der Waals surface area (Å²) < 4.78 is 10.9. The first-order valence-corrected chi connectivity index (χ1v) is 6.34. The van der Waals surface area contributed by atoms with E-state index in [1.165, 1.54) is 6.07 Å². The van der Waals surface area contributed by atoms with E-state index in [1.54, 1.807) is 24.3 Å². The summed E-state index contributed by atoms with van der Waals surface area (Å²) in [6.07, 6.45) is 0. The average molecular weight is 326 g/mol. The number of carbonyl (C=O) groups excluding carboxylic acids is 1. The van der Waals surface area contributed by atoms with E-state index in [9.17, 15) is 4.79 Å². The summed E-state index contributed by atoms with van der Waals surface area (Å²) in [5, 5.41) is 8.68. The molecule has 0 spiro atoms. The molecule has 3 N–H and O–H groups in total. The van der Waals surface area contributed by atoms with Crippen molar-refractivity contribution in [1.82, 2.24) is 0 Å². The van der Waals surface area contributed by atoms with E-state index < -0.39 is 0 Å². The summed E-state index contributed by atoms with van der Waals surface area (Å²) in [6, 6.07) is 7.94. The topological polar surface area (TPSA) is 85.7 Å². The van der Waals surface area contributed by atoms with E-state index >= 15 is 0 Å². The van der Waals surface area contributed by atoms with Gasteiger partial charge in [0.15, 0.2) is 10.4 Å². The fraction of sp³-hybridized carbons (Fsp3) is 0.154. The Morgan fingerprint density at radius 3 is 2.74 bits per heavy atom. The second kappa shape index (κ2) is 5.90. The first kappa shape index (κ1) is 13.6. The maximum Gasteiger partial charge on any atom is 0.228 e. The lowest BCUT2D eigenvalue weighted by Crippen LogP contribution is -2.06. The van der Waals surface area contributed by atoms with Crippen LogP contribution >= 0.6 is 15.9 Å². The molecule has 1 aromatic heterocycles. The van der Waals surface area contributed by atoms with Crippen molar-refractivity contribution in [2.45, 2.75) is 0 Å². The number of aliphatic hydroxyl groups excluding tert-OH is 1. The van der Waals surface area contributed by atoms with Crippen LogP contribution in [0, 0.1) is 0 Å². The zero-order chi connectivity index (χ0) is 13.8. The first-order chi connectivity index (χ1) is 9.11. The quantitative estimate of drug-likeness (QED) is 0.650. The number of ether oxygens (including phenoxy) is 1. The molecule has 0 atom stereocenters. The van der Waals surface area contributed by atoms with Gasteiger partial charge in [-0.2, -0.15) is 0 Å². The Morgan fingerprint density at radius 2 is 2.16 bits per heavy atom. The molecule has 0 aliphatic rings. The fourth-order valence-corrected chi connectivity index (χ4v) is 1.86. The Hall–Kier alpha value is -1.79. The maximum absolute atomic E-state index is 12.1. The molecule has 2 aromatic rings. The molecule has 0 amide bonds. The number of halogens is 1. The van der Waals surface area contributed by atoms with Gasteiger partial charge < -0.3 is 20.0 Å². The number of furan rings is 1. The highest BCUT2D eigenvalue weighted by atomic mass is 79.9. The van der Waals surface area contributed by atoms with Gasteiger partial charge >= 0.3 is 0 Å². The minimum atomic E-state index is -0.258. The number of carbonyl (C=O) groups is 1. The number of hydrogen-bond donors (Lipinski definition) is 2. The maximum atomic E-state index is 12.1. The molecule has 6 heteroatoms. The van der Waals surface area contributed by atoms with Crippen molar-refractivity contribution in [3.8, 4) is 5.75 Å². The molecule has 1 aromatic carbocycles. The third-order valence-corrected chi connectivity index (χ3v) is 2.84. The molecule has 1 heterocycles. The zero-order valence-corrected chi connectivity index (χ0v) is 11.5. The molecule has 19 heavy (non-hydrogen) atoms. The van der Waals surface area contributed by atoms with E-state index in [1.807, 2.05) is 0 Å². The van der Waals surface area contributed by atoms with Crippen molar-refractivity contribution < 1.29 is 19.1 Å². The van der Waals surface area contributed by atoms with E-state index in [-0.39, 0.29) is 24.8 Å². The van der Waals surface area contributed by atoms with E-state index in [0.717, 1.165) is 0 Å². The number of benzene rings is 1. The van der Waals surface area contributed by atoms with Gasteiger partial charge in [0.2, 0.25) is 5.78 Å². The van der Waals surface area contributed by atoms with E-state index in [0.29, 0.717) is 21.7 Å². The van der Waals surface area contributed by atoms with Crippen LogP contribution < -0.4 is 10.5 Å². The smallest absolute Gasteiger partial charge is 0.228 e. The molecule has 100 valence electrons. The van der Waals surface area contributed by atoms with Crippen LogP contribution in [0.15, 0.2) is 39.4 Å². The lowest BCUT2D eigenvalue weighted by atomic mass is 10.1. The molecule has 0 unspecified atom stereocenters. The molecule has 5 nitrogen and oxygen atoms in total. The SMILES string of the molecule is Nc1cc(C(=O)c2ccc(Br)o2)ccc1OCCO. The molecular weight excluding hydrogens is 314 g/mol. The van der Waals surface area contributed by atoms with Gasteiger partial charge in [-0.1, -0.05) is 0 Å². The first-order valence-electron chi connectivity index (χ1n) is 5.55. The number of hydrogen-bond acceptors (Lipinski definition) is 5. The largest absolute Gasteiger partial charge is 0.489 e. The third kappa shape index (κ3) is 3.15. The van der Waals surface area contributed by atoms with Crippen molar-refractivity contribution in [3.05, 3.63) is 46.3 Å². The van der Waals surface area contributed by atoms with E-state index in [2.05, 4.69) is 15.9 Å². The number of anilines is 1. The molecule has 0 aliphatic carbocycles. The fourth-order valence-electron chi connectivity index (χ4n) is 1.56. The number of aliphatic hydroxyl groups is 1. The molecule has 0 fully saturated rings. The minimum Gasteiger partial charge on any atom is -0.489 e. The molecular formula is C13H12BrNO4. The average Bonchev–Trinajstić information content (AvgIpc) is 2.83. The van der Waals surface area contributed by atoms with Gasteiger partial charge in [0.1, 0.15) is 12.4 Å². The van der Waals surface area contributed by atoms with Crippen molar-refractivity contribution in [3.63, 3.8) is 0 Å². The highest BCUT2D eigenvalue weighted by Gasteiger charge is 2.14. The Kier molecular flexibility index (Phi) is 4.24. The van der Waals surface area contributed by atoms with Gasteiger partial charge in [-0.3, -0.25) is 4.79 Å². The predicted octanol–water partition coefficient (Wildman–Crippen LogP) is 2.23. The summed E-state index contributed by atoms with van der Waals surface area (Å²) in [4.78, 5) is 12.1. The van der Waals surface area contributed by atoms with Crippen LogP contribution in [0.1, 0.15) is 16.1 Å². The van der Waals surface area contributed by atoms with Crippen LogP contribution in [-0.2, 0) is 0 Å². The summed E-state index contributed by atoms with van der Waals surface area (Å²) >= 11 is 3.14. The summed E-state index contributed by atoms with van der Waals surface area (Å²) in [6.45, 7) is 0.0587. The monoisotopic (exact) mass is 325 g/mol. The summed E-state index contributed by atoms with van der Waals surface area (Å²) in [5.41, 5.74) is 6.54. The Labute approximate surface area is 118 Å². The van der Waals surface area contributed by atoms with Crippen LogP contribution in [0.3, 0.4) is 0 Å². The molecule has 0 bridgehead atoms. The zero-order valence-electron chi connectivity index (χ0n) is 9.93. The van der Waals surface area contributed by atoms with Crippen molar-refractivity contribution in [2.24, 2.45) is 0 Å². The lowest BCUT2D eigenvalue weighted by molar-refractivity contribution is 0.101. The summed E-state index contributed by atoms with van der Waals surface area (Å²) in [7, 11) is 0. The minimum absolute atomic E-state index is 0.0967. The van der Waals surface area contributed by atoms with Crippen LogP contribution in [0.5, 0.6) is 5.75 Å². The number of rotatable bonds is 5. The molecule has 0 saturated carbocycles. The second-order valence-corrected chi connectivity index (χ2v) is 4.54. The lowest BCUT2D eigenvalue weighted by Gasteiger charge is -2.08. The van der Waals surface area contributed by atoms with Crippen molar-refractivity contribution >= 4 is 27.4 Å². The van der Waals surface area contributed by atoms with Gasteiger partial charge in [0.25, 0.3) is 0 Å². The normalized spacial score (nSPS) is 10.4. The van der Waals surface area contributed by atoms with Gasteiger partial charge in [-0.05, 0) is 46.3 Å². The van der Waals surface area contributed by atoms with Crippen molar-refractivity contribution in [1.29, 1.82) is 0 Å². The number of nitrogen functional groups attached to an aromatic ring is 1. The van der Waals surface area contributed by atoms with Gasteiger partial charge in [0.05, 0.1) is 12.3 Å². The van der Waals surface area contributed by atoms with Gasteiger partial charge in [0, 0.05) is 5.56 Å². The van der Waals surface area contributed by atoms with Crippen LogP contribution in [0.4, 0.5) is 5.69 Å². The Bertz CT molecular complexity index is 594. The molecule has 0 saturated heterocycles. The summed E-state index contributed by atoms with van der Waals surface area (Å²) in [5.74, 6) is 0.410. The highest BCUT2D eigenvalue weighted by Crippen LogP contribution is 2.25. The van der Waals surface area contributed by atoms with Crippen molar-refractivity contribution in [2.75, 3.05) is 18.9 Å². The molecule has 0 radical (unpaired) electrons. The number of nitrogens with two attached hydrogens (primary N) is 1. The van der Waals surface area contributed by atoms with Gasteiger partial charge in [-0.25, -0.2) is 0 Å². The highest BCUT2D eigenvalue weighted by molar-refractivity contribution is 9.10. The van der Waals surface area contributed by atoms with E-state index in [4.69, 9.17) is 20.0 Å². The van der Waals surface area contributed by atoms with Crippen LogP contribution in [0.25, 0.3) is 0 Å². The van der Waals surface area contributed by atoms with Crippen LogP contribution in [-0.4, -0.2) is 24.1 Å². The van der Waals surface area contributed by atoms with Gasteiger partial charge in [-0.15, -0.1) is 0 Å². The second-order valence-electron chi connectivity index (χ2n) is 3.76. The molecule has 2 rings (SSSR count). The van der Waals surface area contributed by atoms with Crippen LogP contribution in [0.2, 0.25) is 0 Å².